The summed E-state index contributed by atoms with van der Waals surface area (Å²) < 4.78 is 19.2. The van der Waals surface area contributed by atoms with E-state index in [2.05, 4.69) is 4.98 Å². The highest BCUT2D eigenvalue weighted by Gasteiger charge is 2.34. The summed E-state index contributed by atoms with van der Waals surface area (Å²) in [5.74, 6) is -1.55. The SMILES string of the molecule is C[C@H]1CC(C(=O)c2cnc(Cl)c(F)c2N)CCN1C(=O)OCc1ccccc1. The predicted octanol–water partition coefficient (Wildman–Crippen LogP) is 4.08. The molecule has 1 aliphatic heterocycles. The first kappa shape index (κ1) is 20.1. The second-order valence-corrected chi connectivity index (χ2v) is 7.22. The van der Waals surface area contributed by atoms with Crippen LogP contribution in [0.2, 0.25) is 5.15 Å². The number of carbonyl (C=O) groups excluding carboxylic acids is 2. The van der Waals surface area contributed by atoms with Gasteiger partial charge in [-0.1, -0.05) is 41.9 Å². The van der Waals surface area contributed by atoms with Crippen LogP contribution in [-0.4, -0.2) is 34.3 Å². The van der Waals surface area contributed by atoms with Gasteiger partial charge < -0.3 is 15.4 Å². The fraction of sp³-hybridized carbons (Fsp3) is 0.350. The Labute approximate surface area is 167 Å². The van der Waals surface area contributed by atoms with Crippen molar-refractivity contribution in [1.82, 2.24) is 9.88 Å². The minimum absolute atomic E-state index is 0.0270. The lowest BCUT2D eigenvalue weighted by Crippen LogP contribution is -2.46. The van der Waals surface area contributed by atoms with Crippen LogP contribution in [0.15, 0.2) is 36.5 Å². The molecule has 1 amide bonds. The number of piperidine rings is 1. The van der Waals surface area contributed by atoms with Gasteiger partial charge >= 0.3 is 6.09 Å². The highest BCUT2D eigenvalue weighted by Crippen LogP contribution is 2.30. The minimum Gasteiger partial charge on any atom is -0.445 e. The van der Waals surface area contributed by atoms with Gasteiger partial charge in [0.05, 0.1) is 11.3 Å². The van der Waals surface area contributed by atoms with Gasteiger partial charge in [0.2, 0.25) is 0 Å². The van der Waals surface area contributed by atoms with Crippen molar-refractivity contribution >= 4 is 29.2 Å². The first-order valence-electron chi connectivity index (χ1n) is 8.99. The van der Waals surface area contributed by atoms with Crippen LogP contribution in [0.3, 0.4) is 0 Å². The summed E-state index contributed by atoms with van der Waals surface area (Å²) in [5, 5.41) is -0.363. The number of carbonyl (C=O) groups is 2. The fourth-order valence-electron chi connectivity index (χ4n) is 3.38. The maximum Gasteiger partial charge on any atom is 0.410 e. The summed E-state index contributed by atoms with van der Waals surface area (Å²) >= 11 is 5.59. The predicted molar refractivity (Wildman–Crippen MR) is 103 cm³/mol. The fourth-order valence-corrected chi connectivity index (χ4v) is 3.53. The lowest BCUT2D eigenvalue weighted by molar-refractivity contribution is 0.0555. The Bertz CT molecular complexity index is 878. The number of hydrogen-bond acceptors (Lipinski definition) is 5. The highest BCUT2D eigenvalue weighted by molar-refractivity contribution is 6.30. The first-order chi connectivity index (χ1) is 13.4. The molecule has 28 heavy (non-hydrogen) atoms. The van der Waals surface area contributed by atoms with Gasteiger partial charge in [0, 0.05) is 24.7 Å². The van der Waals surface area contributed by atoms with Crippen molar-refractivity contribution in [3.63, 3.8) is 0 Å². The summed E-state index contributed by atoms with van der Waals surface area (Å²) in [6, 6.07) is 9.21. The summed E-state index contributed by atoms with van der Waals surface area (Å²) in [4.78, 5) is 30.4. The van der Waals surface area contributed by atoms with Gasteiger partial charge in [-0.25, -0.2) is 14.2 Å². The number of anilines is 1. The normalized spacial score (nSPS) is 19.3. The molecule has 1 fully saturated rings. The Hall–Kier alpha value is -2.67. The highest BCUT2D eigenvalue weighted by atomic mass is 35.5. The number of benzene rings is 1. The number of pyridine rings is 1. The molecule has 0 saturated carbocycles. The number of ketones is 1. The Kier molecular flexibility index (Phi) is 6.14. The van der Waals surface area contributed by atoms with Gasteiger partial charge in [-0.3, -0.25) is 4.79 Å². The summed E-state index contributed by atoms with van der Waals surface area (Å²) in [5.41, 5.74) is 6.33. The Morgan fingerprint density at radius 3 is 2.75 bits per heavy atom. The van der Waals surface area contributed by atoms with Crippen LogP contribution in [0.1, 0.15) is 35.7 Å². The van der Waals surface area contributed by atoms with E-state index in [0.717, 1.165) is 5.56 Å². The summed E-state index contributed by atoms with van der Waals surface area (Å²) in [7, 11) is 0. The van der Waals surface area contributed by atoms with Gasteiger partial charge in [-0.15, -0.1) is 0 Å². The van der Waals surface area contributed by atoms with E-state index in [-0.39, 0.29) is 40.8 Å². The van der Waals surface area contributed by atoms with Crippen molar-refractivity contribution in [3.8, 4) is 0 Å². The average Bonchev–Trinajstić information content (AvgIpc) is 2.70. The number of aromatic nitrogens is 1. The molecular weight excluding hydrogens is 385 g/mol. The van der Waals surface area contributed by atoms with E-state index in [9.17, 15) is 14.0 Å². The van der Waals surface area contributed by atoms with Crippen molar-refractivity contribution < 1.29 is 18.7 Å². The molecule has 1 aromatic heterocycles. The number of hydrogen-bond donors (Lipinski definition) is 1. The zero-order valence-corrected chi connectivity index (χ0v) is 16.2. The van der Waals surface area contributed by atoms with E-state index >= 15 is 0 Å². The molecule has 0 radical (unpaired) electrons. The number of ether oxygens (including phenoxy) is 1. The third kappa shape index (κ3) is 4.25. The maximum absolute atomic E-state index is 13.8. The molecule has 1 saturated heterocycles. The zero-order chi connectivity index (χ0) is 20.3. The molecule has 148 valence electrons. The lowest BCUT2D eigenvalue weighted by atomic mass is 9.85. The molecule has 1 unspecified atom stereocenters. The van der Waals surface area contributed by atoms with Gasteiger partial charge in [-0.05, 0) is 25.3 Å². The van der Waals surface area contributed by atoms with Crippen LogP contribution in [0.25, 0.3) is 0 Å². The quantitative estimate of drug-likeness (QED) is 0.612. The molecule has 6 nitrogen and oxygen atoms in total. The van der Waals surface area contributed by atoms with Crippen molar-refractivity contribution in [2.45, 2.75) is 32.4 Å². The molecule has 2 heterocycles. The van der Waals surface area contributed by atoms with Gasteiger partial charge in [0.1, 0.15) is 6.61 Å². The number of rotatable bonds is 4. The topological polar surface area (TPSA) is 85.5 Å². The molecular formula is C20H21ClFN3O3. The molecule has 0 spiro atoms. The second-order valence-electron chi connectivity index (χ2n) is 6.86. The van der Waals surface area contributed by atoms with Gasteiger partial charge in [0.25, 0.3) is 0 Å². The Morgan fingerprint density at radius 1 is 1.36 bits per heavy atom. The number of nitrogen functional groups attached to an aromatic ring is 1. The summed E-state index contributed by atoms with van der Waals surface area (Å²) in [6.45, 7) is 2.42. The first-order valence-corrected chi connectivity index (χ1v) is 9.37. The average molecular weight is 406 g/mol. The van der Waals surface area contributed by atoms with Crippen molar-refractivity contribution in [2.24, 2.45) is 5.92 Å². The van der Waals surface area contributed by atoms with E-state index in [1.54, 1.807) is 4.90 Å². The molecule has 2 N–H and O–H groups in total. The number of Topliss-reactive ketones (excluding diaryl/α,β-unsaturated/α-hetero) is 1. The van der Waals surface area contributed by atoms with Crippen molar-refractivity contribution in [2.75, 3.05) is 12.3 Å². The zero-order valence-electron chi connectivity index (χ0n) is 15.4. The van der Waals surface area contributed by atoms with E-state index in [4.69, 9.17) is 22.1 Å². The molecule has 8 heteroatoms. The number of halogens is 2. The van der Waals surface area contributed by atoms with E-state index in [1.807, 2.05) is 37.3 Å². The molecule has 2 atom stereocenters. The second kappa shape index (κ2) is 8.56. The van der Waals surface area contributed by atoms with Crippen molar-refractivity contribution in [1.29, 1.82) is 0 Å². The summed E-state index contributed by atoms with van der Waals surface area (Å²) in [6.07, 6.45) is 1.66. The molecule has 3 rings (SSSR count). The molecule has 0 bridgehead atoms. The van der Waals surface area contributed by atoms with Crippen LogP contribution in [0.4, 0.5) is 14.9 Å². The number of amides is 1. The van der Waals surface area contributed by atoms with Crippen LogP contribution in [-0.2, 0) is 11.3 Å². The third-order valence-corrected chi connectivity index (χ3v) is 5.23. The minimum atomic E-state index is -0.887. The van der Waals surface area contributed by atoms with Crippen LogP contribution in [0.5, 0.6) is 0 Å². The molecule has 0 aliphatic carbocycles. The van der Waals surface area contributed by atoms with Gasteiger partial charge in [-0.2, -0.15) is 0 Å². The lowest BCUT2D eigenvalue weighted by Gasteiger charge is -2.36. The number of nitrogens with zero attached hydrogens (tertiary/aromatic N) is 2. The molecule has 1 aliphatic rings. The number of likely N-dealkylation sites (tertiary alicyclic amines) is 1. The van der Waals surface area contributed by atoms with E-state index in [0.29, 0.717) is 19.4 Å². The van der Waals surface area contributed by atoms with Crippen LogP contribution in [0, 0.1) is 11.7 Å². The molecule has 2 aromatic rings. The number of nitrogens with two attached hydrogens (primary N) is 1. The monoisotopic (exact) mass is 405 g/mol. The largest absolute Gasteiger partial charge is 0.445 e. The van der Waals surface area contributed by atoms with E-state index in [1.165, 1.54) is 6.20 Å². The van der Waals surface area contributed by atoms with Crippen molar-refractivity contribution in [3.05, 3.63) is 58.6 Å². The van der Waals surface area contributed by atoms with Gasteiger partial charge in [0.15, 0.2) is 16.8 Å². The standard InChI is InChI=1S/C20H21ClFN3O3/c1-12-9-14(18(26)15-10-24-19(21)16(22)17(15)23)7-8-25(12)20(27)28-11-13-5-3-2-4-6-13/h2-6,10,12,14H,7-9,11H2,1H3,(H2,23,24)/t12-,14?/m0/s1. The Morgan fingerprint density at radius 2 is 2.07 bits per heavy atom. The smallest absolute Gasteiger partial charge is 0.410 e. The third-order valence-electron chi connectivity index (χ3n) is 4.97. The van der Waals surface area contributed by atoms with Crippen LogP contribution >= 0.6 is 11.6 Å². The van der Waals surface area contributed by atoms with E-state index < -0.39 is 11.9 Å². The molecule has 1 aromatic carbocycles. The Balaban J connectivity index is 1.61. The maximum atomic E-state index is 13.8. The van der Waals surface area contributed by atoms with Crippen LogP contribution < -0.4 is 5.73 Å².